The molecule has 1 aromatic rings. The molecule has 0 amide bonds. The van der Waals surface area contributed by atoms with Gasteiger partial charge in [-0.15, -0.1) is 11.8 Å². The summed E-state index contributed by atoms with van der Waals surface area (Å²) in [5, 5.41) is 3.53. The Morgan fingerprint density at radius 1 is 1.25 bits per heavy atom. The van der Waals surface area contributed by atoms with Crippen LogP contribution in [0.25, 0.3) is 0 Å². The molecule has 0 spiro atoms. The fourth-order valence-electron chi connectivity index (χ4n) is 1.79. The molecule has 0 unspecified atom stereocenters. The van der Waals surface area contributed by atoms with Crippen molar-refractivity contribution in [2.75, 3.05) is 37.9 Å². The van der Waals surface area contributed by atoms with Crippen molar-refractivity contribution >= 4 is 17.4 Å². The molecule has 1 aliphatic rings. The molecule has 1 aromatic carbocycles. The maximum absolute atomic E-state index is 5.37. The van der Waals surface area contributed by atoms with Gasteiger partial charge in [0.1, 0.15) is 5.50 Å². The number of rotatable bonds is 4. The molecule has 4 heteroatoms. The molecule has 1 fully saturated rings. The summed E-state index contributed by atoms with van der Waals surface area (Å²) in [5.74, 6) is 0. The van der Waals surface area contributed by atoms with Crippen LogP contribution in [0.2, 0.25) is 0 Å². The number of nitrogens with zero attached hydrogens (tertiary/aromatic N) is 1. The van der Waals surface area contributed by atoms with E-state index in [1.165, 1.54) is 5.69 Å². The third kappa shape index (κ3) is 3.14. The van der Waals surface area contributed by atoms with Crippen LogP contribution in [0.3, 0.4) is 0 Å². The summed E-state index contributed by atoms with van der Waals surface area (Å²) < 4.78 is 5.37. The number of nitrogens with one attached hydrogen (secondary N) is 1. The van der Waals surface area contributed by atoms with E-state index in [1.807, 2.05) is 17.8 Å². The summed E-state index contributed by atoms with van der Waals surface area (Å²) in [6.07, 6.45) is 2.13. The van der Waals surface area contributed by atoms with E-state index in [-0.39, 0.29) is 0 Å². The van der Waals surface area contributed by atoms with Crippen molar-refractivity contribution in [2.24, 2.45) is 0 Å². The van der Waals surface area contributed by atoms with Gasteiger partial charge in [-0.05, 0) is 18.4 Å². The highest BCUT2D eigenvalue weighted by Gasteiger charge is 2.19. The molecule has 16 heavy (non-hydrogen) atoms. The van der Waals surface area contributed by atoms with Crippen molar-refractivity contribution in [3.8, 4) is 0 Å². The largest absolute Gasteiger partial charge is 0.379 e. The molecular formula is C12H18N2OS. The van der Waals surface area contributed by atoms with Crippen LogP contribution in [0, 0.1) is 0 Å². The minimum atomic E-state index is 0.339. The van der Waals surface area contributed by atoms with E-state index in [0.717, 1.165) is 26.3 Å². The predicted molar refractivity (Wildman–Crippen MR) is 69.8 cm³/mol. The molecule has 1 aliphatic heterocycles. The second-order valence-corrected chi connectivity index (χ2v) is 4.66. The van der Waals surface area contributed by atoms with Crippen LogP contribution in [-0.2, 0) is 4.74 Å². The number of morpholine rings is 1. The monoisotopic (exact) mass is 238 g/mol. The molecule has 1 atom stereocenters. The summed E-state index contributed by atoms with van der Waals surface area (Å²) in [4.78, 5) is 2.42. The molecule has 2 rings (SSSR count). The van der Waals surface area contributed by atoms with E-state index in [1.54, 1.807) is 0 Å². The molecule has 0 bridgehead atoms. The first kappa shape index (κ1) is 11.8. The molecule has 0 aromatic heterocycles. The maximum atomic E-state index is 5.37. The number of para-hydroxylation sites is 1. The number of hydrogen-bond donors (Lipinski definition) is 1. The highest BCUT2D eigenvalue weighted by Crippen LogP contribution is 2.17. The molecule has 1 saturated heterocycles. The SMILES string of the molecule is CS[C@H](Nc1ccccc1)N1CCOCC1. The average molecular weight is 238 g/mol. The lowest BCUT2D eigenvalue weighted by atomic mass is 10.3. The summed E-state index contributed by atoms with van der Waals surface area (Å²) in [6, 6.07) is 10.3. The highest BCUT2D eigenvalue weighted by molar-refractivity contribution is 7.99. The highest BCUT2D eigenvalue weighted by atomic mass is 32.2. The first-order valence-electron chi connectivity index (χ1n) is 5.56. The molecule has 0 radical (unpaired) electrons. The Bertz CT molecular complexity index is 301. The minimum Gasteiger partial charge on any atom is -0.379 e. The van der Waals surface area contributed by atoms with E-state index in [9.17, 15) is 0 Å². The summed E-state index contributed by atoms with van der Waals surface area (Å²) in [6.45, 7) is 3.69. The van der Waals surface area contributed by atoms with Crippen molar-refractivity contribution < 1.29 is 4.74 Å². The van der Waals surface area contributed by atoms with Crippen molar-refractivity contribution in [3.63, 3.8) is 0 Å². The van der Waals surface area contributed by atoms with E-state index < -0.39 is 0 Å². The Morgan fingerprint density at radius 2 is 1.94 bits per heavy atom. The van der Waals surface area contributed by atoms with Crippen LogP contribution in [-0.4, -0.2) is 43.0 Å². The first-order chi connectivity index (χ1) is 7.90. The van der Waals surface area contributed by atoms with Crippen molar-refractivity contribution in [1.82, 2.24) is 4.90 Å². The third-order valence-electron chi connectivity index (χ3n) is 2.66. The Morgan fingerprint density at radius 3 is 2.56 bits per heavy atom. The van der Waals surface area contributed by atoms with Gasteiger partial charge in [0.15, 0.2) is 0 Å². The number of benzene rings is 1. The standard InChI is InChI=1S/C12H18N2OS/c1-16-12(14-7-9-15-10-8-14)13-11-5-3-2-4-6-11/h2-6,12-13H,7-10H2,1H3/t12-/m1/s1. The smallest absolute Gasteiger partial charge is 0.128 e. The van der Waals surface area contributed by atoms with E-state index >= 15 is 0 Å². The van der Waals surface area contributed by atoms with Crippen LogP contribution in [0.15, 0.2) is 30.3 Å². The van der Waals surface area contributed by atoms with Crippen LogP contribution >= 0.6 is 11.8 Å². The molecule has 0 aliphatic carbocycles. The predicted octanol–water partition coefficient (Wildman–Crippen LogP) is 2.08. The van der Waals surface area contributed by atoms with Crippen molar-refractivity contribution in [2.45, 2.75) is 5.50 Å². The van der Waals surface area contributed by atoms with Crippen molar-refractivity contribution in [1.29, 1.82) is 0 Å². The van der Waals surface area contributed by atoms with E-state index in [2.05, 4.69) is 40.7 Å². The Hall–Kier alpha value is -0.710. The average Bonchev–Trinajstić information content (AvgIpc) is 2.38. The number of hydrogen-bond acceptors (Lipinski definition) is 4. The molecule has 3 nitrogen and oxygen atoms in total. The van der Waals surface area contributed by atoms with Gasteiger partial charge < -0.3 is 10.1 Å². The van der Waals surface area contributed by atoms with E-state index in [0.29, 0.717) is 5.50 Å². The third-order valence-corrected chi connectivity index (χ3v) is 3.53. The van der Waals surface area contributed by atoms with Gasteiger partial charge >= 0.3 is 0 Å². The van der Waals surface area contributed by atoms with Gasteiger partial charge in [-0.3, -0.25) is 4.90 Å². The van der Waals surface area contributed by atoms with E-state index in [4.69, 9.17) is 4.74 Å². The summed E-state index contributed by atoms with van der Waals surface area (Å²) in [5.41, 5.74) is 1.51. The number of ether oxygens (including phenoxy) is 1. The second kappa shape index (κ2) is 6.13. The maximum Gasteiger partial charge on any atom is 0.128 e. The van der Waals surface area contributed by atoms with Crippen LogP contribution in [0.4, 0.5) is 5.69 Å². The second-order valence-electron chi connectivity index (χ2n) is 3.75. The van der Waals surface area contributed by atoms with Crippen LogP contribution < -0.4 is 5.32 Å². The topological polar surface area (TPSA) is 24.5 Å². The minimum absolute atomic E-state index is 0.339. The zero-order valence-corrected chi connectivity index (χ0v) is 10.4. The van der Waals surface area contributed by atoms with Gasteiger partial charge in [-0.25, -0.2) is 0 Å². The number of thioether (sulfide) groups is 1. The number of anilines is 1. The van der Waals surface area contributed by atoms with Gasteiger partial charge in [0.25, 0.3) is 0 Å². The molecule has 0 saturated carbocycles. The first-order valence-corrected chi connectivity index (χ1v) is 6.85. The lowest BCUT2D eigenvalue weighted by Crippen LogP contribution is -2.45. The Labute approximate surface area is 101 Å². The molecule has 1 N–H and O–H groups in total. The normalized spacial score (nSPS) is 19.3. The zero-order valence-electron chi connectivity index (χ0n) is 9.56. The molecule has 88 valence electrons. The Balaban J connectivity index is 1.94. The van der Waals surface area contributed by atoms with Gasteiger partial charge in [0.2, 0.25) is 0 Å². The molecule has 1 heterocycles. The lowest BCUT2D eigenvalue weighted by molar-refractivity contribution is 0.0363. The fourth-order valence-corrected chi connectivity index (χ4v) is 2.55. The Kier molecular flexibility index (Phi) is 4.51. The van der Waals surface area contributed by atoms with Crippen molar-refractivity contribution in [3.05, 3.63) is 30.3 Å². The fraction of sp³-hybridized carbons (Fsp3) is 0.500. The zero-order chi connectivity index (χ0) is 11.2. The summed E-state index contributed by atoms with van der Waals surface area (Å²) >= 11 is 1.83. The quantitative estimate of drug-likeness (QED) is 0.812. The van der Waals surface area contributed by atoms with Gasteiger partial charge in [-0.2, -0.15) is 0 Å². The van der Waals surface area contributed by atoms with Crippen LogP contribution in [0.5, 0.6) is 0 Å². The van der Waals surface area contributed by atoms with Crippen LogP contribution in [0.1, 0.15) is 0 Å². The summed E-state index contributed by atoms with van der Waals surface area (Å²) in [7, 11) is 0. The lowest BCUT2D eigenvalue weighted by Gasteiger charge is -2.34. The molecular weight excluding hydrogens is 220 g/mol. The van der Waals surface area contributed by atoms with Gasteiger partial charge in [0.05, 0.1) is 13.2 Å². The van der Waals surface area contributed by atoms with Gasteiger partial charge in [-0.1, -0.05) is 18.2 Å². The van der Waals surface area contributed by atoms with Gasteiger partial charge in [0, 0.05) is 18.8 Å².